The van der Waals surface area contributed by atoms with Crippen LogP contribution >= 0.6 is 34.5 Å². The van der Waals surface area contributed by atoms with E-state index in [2.05, 4.69) is 9.88 Å². The van der Waals surface area contributed by atoms with Crippen molar-refractivity contribution in [1.82, 2.24) is 4.98 Å². The van der Waals surface area contributed by atoms with Crippen LogP contribution in [0.25, 0.3) is 11.1 Å². The summed E-state index contributed by atoms with van der Waals surface area (Å²) in [5, 5.41) is 1.92. The van der Waals surface area contributed by atoms with Gasteiger partial charge < -0.3 is 9.64 Å². The van der Waals surface area contributed by atoms with Crippen molar-refractivity contribution in [1.29, 1.82) is 0 Å². The summed E-state index contributed by atoms with van der Waals surface area (Å²) in [6.45, 7) is 2.94. The number of ketones is 1. The maximum atomic E-state index is 13.1. The predicted octanol–water partition coefficient (Wildman–Crippen LogP) is 5.18. The average molecular weight is 419 g/mol. The Kier molecular flexibility index (Phi) is 5.45. The Morgan fingerprint density at radius 2 is 1.96 bits per heavy atom. The van der Waals surface area contributed by atoms with Gasteiger partial charge in [0.1, 0.15) is 0 Å². The van der Waals surface area contributed by atoms with Crippen molar-refractivity contribution in [3.8, 4) is 11.1 Å². The van der Waals surface area contributed by atoms with E-state index in [0.717, 1.165) is 29.2 Å². The Morgan fingerprint density at radius 1 is 1.15 bits per heavy atom. The zero-order valence-corrected chi connectivity index (χ0v) is 16.7. The number of ether oxygens (including phenoxy) is 1. The van der Waals surface area contributed by atoms with E-state index in [9.17, 15) is 4.79 Å². The molecule has 0 bridgehead atoms. The van der Waals surface area contributed by atoms with Gasteiger partial charge in [-0.15, -0.1) is 11.3 Å². The van der Waals surface area contributed by atoms with Gasteiger partial charge in [0.15, 0.2) is 0 Å². The van der Waals surface area contributed by atoms with Gasteiger partial charge in [-0.2, -0.15) is 0 Å². The number of hydrogen-bond acceptors (Lipinski definition) is 5. The second kappa shape index (κ2) is 7.98. The fourth-order valence-corrected chi connectivity index (χ4v) is 4.71. The van der Waals surface area contributed by atoms with Gasteiger partial charge in [0.25, 0.3) is 0 Å². The van der Waals surface area contributed by atoms with Crippen LogP contribution in [0.2, 0.25) is 10.0 Å². The van der Waals surface area contributed by atoms with Gasteiger partial charge >= 0.3 is 0 Å². The first-order valence-electron chi connectivity index (χ1n) is 8.50. The van der Waals surface area contributed by atoms with Crippen molar-refractivity contribution in [2.45, 2.75) is 0 Å². The summed E-state index contributed by atoms with van der Waals surface area (Å²) in [5.74, 6) is -0.105. The van der Waals surface area contributed by atoms with Crippen molar-refractivity contribution >= 4 is 45.3 Å². The zero-order chi connectivity index (χ0) is 18.8. The molecule has 2 aromatic heterocycles. The lowest BCUT2D eigenvalue weighted by molar-refractivity contribution is 0.104. The van der Waals surface area contributed by atoms with Gasteiger partial charge in [-0.05, 0) is 30.3 Å². The van der Waals surface area contributed by atoms with Crippen molar-refractivity contribution in [3.05, 3.63) is 69.3 Å². The molecule has 1 aliphatic rings. The van der Waals surface area contributed by atoms with Crippen molar-refractivity contribution < 1.29 is 9.53 Å². The van der Waals surface area contributed by atoms with E-state index in [0.29, 0.717) is 33.7 Å². The summed E-state index contributed by atoms with van der Waals surface area (Å²) in [5.41, 5.74) is 2.44. The second-order valence-corrected chi connectivity index (χ2v) is 8.00. The molecule has 3 heterocycles. The molecule has 0 atom stereocenters. The molecular formula is C20H16Cl2N2O2S. The molecule has 1 aromatic carbocycles. The van der Waals surface area contributed by atoms with Gasteiger partial charge in [-0.1, -0.05) is 29.3 Å². The molecule has 0 aliphatic carbocycles. The molecule has 3 aromatic rings. The maximum Gasteiger partial charge on any atom is 0.204 e. The number of benzene rings is 1. The van der Waals surface area contributed by atoms with E-state index < -0.39 is 0 Å². The number of thiophene rings is 1. The number of carbonyl (C=O) groups excluding carboxylic acids is 1. The molecule has 4 nitrogen and oxygen atoms in total. The standard InChI is InChI=1S/C20H16Cl2N2O2S/c21-14-3-4-15(17(22)10-14)19(25)18-11-16(13-2-1-5-23-12-13)20(27-18)24-6-8-26-9-7-24/h1-5,10-12H,6-9H2. The molecule has 1 fully saturated rings. The minimum atomic E-state index is -0.105. The van der Waals surface area contributed by atoms with Crippen LogP contribution < -0.4 is 4.90 Å². The Labute approximate surface area is 171 Å². The topological polar surface area (TPSA) is 42.4 Å². The first-order chi connectivity index (χ1) is 13.1. The van der Waals surface area contributed by atoms with Crippen LogP contribution in [0.5, 0.6) is 0 Å². The lowest BCUT2D eigenvalue weighted by Crippen LogP contribution is -2.35. The number of aromatic nitrogens is 1. The molecule has 27 heavy (non-hydrogen) atoms. The number of carbonyl (C=O) groups is 1. The van der Waals surface area contributed by atoms with Crippen LogP contribution in [0, 0.1) is 0 Å². The number of rotatable bonds is 4. The number of anilines is 1. The normalized spacial score (nSPS) is 14.4. The predicted molar refractivity (Wildman–Crippen MR) is 110 cm³/mol. The van der Waals surface area contributed by atoms with Gasteiger partial charge in [-0.25, -0.2) is 0 Å². The number of morpholine rings is 1. The van der Waals surface area contributed by atoms with E-state index in [1.54, 1.807) is 24.4 Å². The van der Waals surface area contributed by atoms with Crippen LogP contribution in [-0.4, -0.2) is 37.1 Å². The van der Waals surface area contributed by atoms with E-state index >= 15 is 0 Å². The number of pyridine rings is 1. The first-order valence-corrected chi connectivity index (χ1v) is 10.1. The second-order valence-electron chi connectivity index (χ2n) is 6.12. The third kappa shape index (κ3) is 3.87. The van der Waals surface area contributed by atoms with Gasteiger partial charge in [0.2, 0.25) is 5.78 Å². The maximum absolute atomic E-state index is 13.1. The Morgan fingerprint density at radius 3 is 2.67 bits per heavy atom. The fraction of sp³-hybridized carbons (Fsp3) is 0.200. The van der Waals surface area contributed by atoms with Crippen LogP contribution in [-0.2, 0) is 4.74 Å². The van der Waals surface area contributed by atoms with Crippen molar-refractivity contribution in [3.63, 3.8) is 0 Å². The Bertz CT molecular complexity index is 969. The van der Waals surface area contributed by atoms with Crippen LogP contribution in [0.15, 0.2) is 48.8 Å². The molecule has 0 saturated carbocycles. The SMILES string of the molecule is O=C(c1cc(-c2cccnc2)c(N2CCOCC2)s1)c1ccc(Cl)cc1Cl. The highest BCUT2D eigenvalue weighted by Gasteiger charge is 2.23. The van der Waals surface area contributed by atoms with Crippen molar-refractivity contribution in [2.75, 3.05) is 31.2 Å². The van der Waals surface area contributed by atoms with E-state index in [1.165, 1.54) is 11.3 Å². The molecule has 4 rings (SSSR count). The largest absolute Gasteiger partial charge is 0.378 e. The molecule has 0 unspecified atom stereocenters. The summed E-state index contributed by atoms with van der Waals surface area (Å²) >= 11 is 13.7. The molecule has 7 heteroatoms. The number of nitrogens with zero attached hydrogens (tertiary/aromatic N) is 2. The Balaban J connectivity index is 1.77. The molecule has 0 N–H and O–H groups in total. The van der Waals surface area contributed by atoms with Gasteiger partial charge in [-0.3, -0.25) is 9.78 Å². The summed E-state index contributed by atoms with van der Waals surface area (Å²) in [4.78, 5) is 20.2. The molecule has 0 amide bonds. The van der Waals surface area contributed by atoms with E-state index in [-0.39, 0.29) is 5.78 Å². The zero-order valence-electron chi connectivity index (χ0n) is 14.3. The molecule has 0 radical (unpaired) electrons. The quantitative estimate of drug-likeness (QED) is 0.547. The smallest absolute Gasteiger partial charge is 0.204 e. The summed E-state index contributed by atoms with van der Waals surface area (Å²) < 4.78 is 5.47. The van der Waals surface area contributed by atoms with Crippen LogP contribution in [0.4, 0.5) is 5.00 Å². The third-order valence-electron chi connectivity index (χ3n) is 4.38. The fourth-order valence-electron chi connectivity index (χ4n) is 3.03. The minimum Gasteiger partial charge on any atom is -0.378 e. The monoisotopic (exact) mass is 418 g/mol. The van der Waals surface area contributed by atoms with Crippen LogP contribution in [0.1, 0.15) is 15.2 Å². The highest BCUT2D eigenvalue weighted by molar-refractivity contribution is 7.18. The van der Waals surface area contributed by atoms with E-state index in [4.69, 9.17) is 27.9 Å². The summed E-state index contributed by atoms with van der Waals surface area (Å²) in [6.07, 6.45) is 3.55. The summed E-state index contributed by atoms with van der Waals surface area (Å²) in [6, 6.07) is 10.8. The van der Waals surface area contributed by atoms with Crippen molar-refractivity contribution in [2.24, 2.45) is 0 Å². The molecule has 1 saturated heterocycles. The average Bonchev–Trinajstić information content (AvgIpc) is 3.14. The molecule has 138 valence electrons. The highest BCUT2D eigenvalue weighted by atomic mass is 35.5. The minimum absolute atomic E-state index is 0.105. The molecule has 0 spiro atoms. The lowest BCUT2D eigenvalue weighted by atomic mass is 10.1. The first kappa shape index (κ1) is 18.4. The molecule has 1 aliphatic heterocycles. The van der Waals surface area contributed by atoms with Gasteiger partial charge in [0, 0.05) is 47.2 Å². The van der Waals surface area contributed by atoms with Gasteiger partial charge in [0.05, 0.1) is 28.1 Å². The summed E-state index contributed by atoms with van der Waals surface area (Å²) in [7, 11) is 0. The van der Waals surface area contributed by atoms with Crippen LogP contribution in [0.3, 0.4) is 0 Å². The molecular weight excluding hydrogens is 403 g/mol. The Hall–Kier alpha value is -1.92. The number of hydrogen-bond donors (Lipinski definition) is 0. The highest BCUT2D eigenvalue weighted by Crippen LogP contribution is 2.40. The van der Waals surface area contributed by atoms with E-state index in [1.807, 2.05) is 24.4 Å². The number of halogens is 2. The lowest BCUT2D eigenvalue weighted by Gasteiger charge is -2.28. The third-order valence-corrected chi connectivity index (χ3v) is 6.13.